The van der Waals surface area contributed by atoms with E-state index in [0.717, 1.165) is 0 Å². The van der Waals surface area contributed by atoms with Crippen LogP contribution in [0.1, 0.15) is 54.9 Å². The van der Waals surface area contributed by atoms with Crippen molar-refractivity contribution in [3.8, 4) is 0 Å². The second-order valence-corrected chi connectivity index (χ2v) is 14.3. The molecule has 19 heavy (non-hydrogen) atoms. The molecule has 0 bridgehead atoms. The Morgan fingerprint density at radius 2 is 1.68 bits per heavy atom. The van der Waals surface area contributed by atoms with Gasteiger partial charge in [-0.05, 0) is 45.8 Å². The molecule has 0 aliphatic heterocycles. The minimum Gasteiger partial charge on any atom is -0.591 e. The van der Waals surface area contributed by atoms with E-state index in [1.54, 1.807) is 6.21 Å². The van der Waals surface area contributed by atoms with Gasteiger partial charge in [0.2, 0.25) is 0 Å². The molecule has 0 radical (unpaired) electrons. The molecule has 0 rings (SSSR count). The Balaban J connectivity index is 4.35. The summed E-state index contributed by atoms with van der Waals surface area (Å²) in [5.74, 6) is 0. The lowest BCUT2D eigenvalue weighted by atomic mass is 10.2. The third-order valence-electron chi connectivity index (χ3n) is 3.43. The van der Waals surface area contributed by atoms with E-state index in [9.17, 15) is 4.55 Å². The molecule has 0 aliphatic carbocycles. The SMILES string of the molecule is CC(CC=N[S+]([O-])C(C)(C)C)O[Si](C)(C)C(C)(C)C. The van der Waals surface area contributed by atoms with Gasteiger partial charge >= 0.3 is 0 Å². The Hall–Kier alpha value is 0.157. The molecule has 0 heterocycles. The molecule has 0 aromatic rings. The van der Waals surface area contributed by atoms with Gasteiger partial charge in [0.1, 0.15) is 16.1 Å². The Morgan fingerprint density at radius 3 is 2.05 bits per heavy atom. The smallest absolute Gasteiger partial charge is 0.192 e. The van der Waals surface area contributed by atoms with Crippen LogP contribution in [0.4, 0.5) is 0 Å². The van der Waals surface area contributed by atoms with Gasteiger partial charge in [-0.25, -0.2) is 0 Å². The van der Waals surface area contributed by atoms with Crippen molar-refractivity contribution in [3.63, 3.8) is 0 Å². The summed E-state index contributed by atoms with van der Waals surface area (Å²) >= 11 is -1.17. The van der Waals surface area contributed by atoms with Crippen LogP contribution in [0, 0.1) is 0 Å². The standard InChI is InChI=1S/C14H31NO2SSi/c1-12(17-19(8,9)14(5,6)7)10-11-15-18(16)13(2,3)4/h11-12H,10H2,1-9H3. The van der Waals surface area contributed by atoms with Crippen LogP contribution in [0.5, 0.6) is 0 Å². The molecule has 5 heteroatoms. The zero-order valence-corrected chi connectivity index (χ0v) is 15.9. The van der Waals surface area contributed by atoms with E-state index in [1.165, 1.54) is 0 Å². The van der Waals surface area contributed by atoms with Crippen molar-refractivity contribution < 1.29 is 8.98 Å². The molecule has 0 saturated carbocycles. The van der Waals surface area contributed by atoms with Crippen molar-refractivity contribution >= 4 is 25.9 Å². The second kappa shape index (κ2) is 6.74. The van der Waals surface area contributed by atoms with Crippen molar-refractivity contribution in [2.24, 2.45) is 4.40 Å². The van der Waals surface area contributed by atoms with Crippen LogP contribution in [0.25, 0.3) is 0 Å². The Morgan fingerprint density at radius 1 is 1.21 bits per heavy atom. The predicted molar refractivity (Wildman–Crippen MR) is 88.7 cm³/mol. The molecule has 0 spiro atoms. The number of rotatable bonds is 5. The highest BCUT2D eigenvalue weighted by atomic mass is 32.2. The maximum Gasteiger partial charge on any atom is 0.192 e. The van der Waals surface area contributed by atoms with E-state index < -0.39 is 19.7 Å². The van der Waals surface area contributed by atoms with Gasteiger partial charge in [0, 0.05) is 12.5 Å². The largest absolute Gasteiger partial charge is 0.591 e. The monoisotopic (exact) mass is 305 g/mol. The predicted octanol–water partition coefficient (Wildman–Crippen LogP) is 4.32. The van der Waals surface area contributed by atoms with Crippen LogP contribution >= 0.6 is 0 Å². The van der Waals surface area contributed by atoms with E-state index in [1.807, 2.05) is 20.8 Å². The molecule has 0 saturated heterocycles. The molecule has 0 aliphatic rings. The Kier molecular flexibility index (Phi) is 6.80. The molecule has 114 valence electrons. The number of hydrogen-bond acceptors (Lipinski definition) is 3. The van der Waals surface area contributed by atoms with Crippen molar-refractivity contribution in [1.29, 1.82) is 0 Å². The second-order valence-electron chi connectivity index (χ2n) is 7.57. The Labute approximate surface area is 123 Å². The maximum atomic E-state index is 11.8. The minimum atomic E-state index is -1.72. The highest BCUT2D eigenvalue weighted by Crippen LogP contribution is 2.37. The van der Waals surface area contributed by atoms with Crippen LogP contribution < -0.4 is 0 Å². The molecule has 0 aromatic carbocycles. The topological polar surface area (TPSA) is 44.7 Å². The lowest BCUT2D eigenvalue weighted by molar-refractivity contribution is 0.207. The molecule has 0 amide bonds. The van der Waals surface area contributed by atoms with Crippen molar-refractivity contribution in [1.82, 2.24) is 0 Å². The first-order valence-electron chi connectivity index (χ1n) is 6.90. The van der Waals surface area contributed by atoms with Crippen molar-refractivity contribution in [3.05, 3.63) is 0 Å². The van der Waals surface area contributed by atoms with E-state index in [2.05, 4.69) is 45.2 Å². The van der Waals surface area contributed by atoms with Crippen LogP contribution in [0.2, 0.25) is 18.1 Å². The summed E-state index contributed by atoms with van der Waals surface area (Å²) in [4.78, 5) is 0. The first-order chi connectivity index (χ1) is 8.27. The lowest BCUT2D eigenvalue weighted by Gasteiger charge is -2.38. The first-order valence-corrected chi connectivity index (χ1v) is 10.9. The summed E-state index contributed by atoms with van der Waals surface area (Å²) in [6, 6.07) is 0. The molecular weight excluding hydrogens is 274 g/mol. The molecule has 0 aromatic heterocycles. The summed E-state index contributed by atoms with van der Waals surface area (Å²) in [7, 11) is -1.72. The van der Waals surface area contributed by atoms with Gasteiger partial charge in [-0.1, -0.05) is 25.2 Å². The molecule has 3 nitrogen and oxygen atoms in total. The van der Waals surface area contributed by atoms with Gasteiger partial charge in [0.15, 0.2) is 8.32 Å². The number of nitrogens with zero attached hydrogens (tertiary/aromatic N) is 1. The summed E-state index contributed by atoms with van der Waals surface area (Å²) in [5.41, 5.74) is 0. The minimum absolute atomic E-state index is 0.126. The fraction of sp³-hybridized carbons (Fsp3) is 0.929. The van der Waals surface area contributed by atoms with Crippen LogP contribution in [0.3, 0.4) is 0 Å². The van der Waals surface area contributed by atoms with Crippen LogP contribution in [-0.2, 0) is 15.8 Å². The summed E-state index contributed by atoms with van der Waals surface area (Å²) < 4.78 is 21.8. The number of hydrogen-bond donors (Lipinski definition) is 0. The van der Waals surface area contributed by atoms with Crippen molar-refractivity contribution in [2.45, 2.75) is 83.9 Å². The molecule has 2 unspecified atom stereocenters. The fourth-order valence-corrected chi connectivity index (χ4v) is 3.14. The van der Waals surface area contributed by atoms with Gasteiger partial charge in [0.05, 0.1) is 6.21 Å². The molecule has 0 N–H and O–H groups in total. The highest BCUT2D eigenvalue weighted by molar-refractivity contribution is 7.91. The van der Waals surface area contributed by atoms with Crippen LogP contribution in [-0.4, -0.2) is 29.9 Å². The lowest BCUT2D eigenvalue weighted by Crippen LogP contribution is -2.43. The average Bonchev–Trinajstić information content (AvgIpc) is 2.12. The van der Waals surface area contributed by atoms with Gasteiger partial charge in [-0.15, -0.1) is 0 Å². The zero-order chi connectivity index (χ0) is 15.5. The maximum absolute atomic E-state index is 11.8. The molecule has 0 fully saturated rings. The fourth-order valence-electron chi connectivity index (χ4n) is 1.15. The molecule has 2 atom stereocenters. The third-order valence-corrected chi connectivity index (χ3v) is 9.43. The van der Waals surface area contributed by atoms with Crippen molar-refractivity contribution in [2.75, 3.05) is 0 Å². The summed E-state index contributed by atoms with van der Waals surface area (Å²) in [5, 5.41) is 0.215. The summed E-state index contributed by atoms with van der Waals surface area (Å²) in [6.07, 6.45) is 2.59. The van der Waals surface area contributed by atoms with Gasteiger partial charge in [-0.3, -0.25) is 0 Å². The van der Waals surface area contributed by atoms with E-state index >= 15 is 0 Å². The molecular formula is C14H31NO2SSi. The third kappa shape index (κ3) is 6.93. The quantitative estimate of drug-likeness (QED) is 0.431. The normalized spacial score (nSPS) is 17.8. The zero-order valence-electron chi connectivity index (χ0n) is 14.0. The Bertz CT molecular complexity index is 306. The summed E-state index contributed by atoms with van der Waals surface area (Å²) in [6.45, 7) is 19.0. The highest BCUT2D eigenvalue weighted by Gasteiger charge is 2.38. The first kappa shape index (κ1) is 19.2. The van der Waals surface area contributed by atoms with Gasteiger partial charge in [-0.2, -0.15) is 0 Å². The van der Waals surface area contributed by atoms with Crippen LogP contribution in [0.15, 0.2) is 4.40 Å². The van der Waals surface area contributed by atoms with E-state index in [0.29, 0.717) is 6.42 Å². The van der Waals surface area contributed by atoms with E-state index in [-0.39, 0.29) is 15.9 Å². The average molecular weight is 306 g/mol. The van der Waals surface area contributed by atoms with E-state index in [4.69, 9.17) is 4.43 Å². The van der Waals surface area contributed by atoms with Gasteiger partial charge < -0.3 is 8.98 Å². The van der Waals surface area contributed by atoms with Gasteiger partial charge in [0.25, 0.3) is 0 Å².